The fourth-order valence-electron chi connectivity index (χ4n) is 2.49. The Morgan fingerprint density at radius 3 is 2.57 bits per heavy atom. The van der Waals surface area contributed by atoms with Gasteiger partial charge in [-0.3, -0.25) is 10.1 Å². The number of likely N-dealkylation sites (N-methyl/N-ethyl adjacent to an activating group) is 1. The molecular weight excluding hydrogens is 296 g/mol. The molecule has 0 bridgehead atoms. The maximum atomic E-state index is 12.7. The van der Waals surface area contributed by atoms with E-state index in [2.05, 4.69) is 4.90 Å². The molecule has 21 heavy (non-hydrogen) atoms. The molecular formula is C12H18N4O4S. The van der Waals surface area contributed by atoms with Gasteiger partial charge < -0.3 is 10.6 Å². The molecule has 0 aliphatic carbocycles. The van der Waals surface area contributed by atoms with Crippen molar-refractivity contribution >= 4 is 21.4 Å². The van der Waals surface area contributed by atoms with Crippen LogP contribution in [0.3, 0.4) is 0 Å². The molecule has 1 aliphatic heterocycles. The summed E-state index contributed by atoms with van der Waals surface area (Å²) < 4.78 is 26.7. The number of nitro benzene ring substituents is 1. The molecule has 1 aromatic rings. The van der Waals surface area contributed by atoms with Gasteiger partial charge in [0.25, 0.3) is 5.69 Å². The number of nitro groups is 1. The quantitative estimate of drug-likeness (QED) is 0.494. The molecule has 0 aromatic heterocycles. The number of nitrogen functional groups attached to an aromatic ring is 1. The Balaban J connectivity index is 2.38. The minimum Gasteiger partial charge on any atom is -0.397 e. The molecule has 1 aromatic carbocycles. The van der Waals surface area contributed by atoms with Gasteiger partial charge in [-0.05, 0) is 20.0 Å². The third kappa shape index (κ3) is 2.99. The van der Waals surface area contributed by atoms with Crippen LogP contribution in [0.15, 0.2) is 23.1 Å². The molecule has 116 valence electrons. The number of nitrogens with zero attached hydrogens (tertiary/aromatic N) is 3. The van der Waals surface area contributed by atoms with Crippen molar-refractivity contribution in [3.8, 4) is 0 Å². The van der Waals surface area contributed by atoms with Gasteiger partial charge >= 0.3 is 0 Å². The van der Waals surface area contributed by atoms with Crippen molar-refractivity contribution in [2.45, 2.75) is 17.9 Å². The predicted molar refractivity (Wildman–Crippen MR) is 78.4 cm³/mol. The molecule has 8 nitrogen and oxygen atoms in total. The van der Waals surface area contributed by atoms with Gasteiger partial charge in [0, 0.05) is 37.8 Å². The largest absolute Gasteiger partial charge is 0.397 e. The first-order chi connectivity index (χ1) is 9.73. The summed E-state index contributed by atoms with van der Waals surface area (Å²) in [7, 11) is -1.82. The lowest BCUT2D eigenvalue weighted by atomic mass is 10.2. The molecule has 1 unspecified atom stereocenters. The van der Waals surface area contributed by atoms with Crippen molar-refractivity contribution in [1.82, 2.24) is 9.21 Å². The highest BCUT2D eigenvalue weighted by atomic mass is 32.2. The minimum absolute atomic E-state index is 0.0792. The Bertz CT molecular complexity index is 661. The molecule has 0 radical (unpaired) electrons. The number of non-ortho nitro benzene ring substituents is 1. The standard InChI is InChI=1S/C12H18N4O4S/c1-9-8-14(2)5-6-15(9)21(19,20)12-4-3-10(16(17)18)7-11(12)13/h3-4,7,9H,5-6,8,13H2,1-2H3. The molecule has 0 saturated carbocycles. The van der Waals surface area contributed by atoms with Crippen LogP contribution in [0, 0.1) is 10.1 Å². The molecule has 9 heteroatoms. The van der Waals surface area contributed by atoms with Gasteiger partial charge in [-0.25, -0.2) is 8.42 Å². The molecule has 1 aliphatic rings. The highest BCUT2D eigenvalue weighted by Gasteiger charge is 2.34. The van der Waals surface area contributed by atoms with E-state index in [9.17, 15) is 18.5 Å². The summed E-state index contributed by atoms with van der Waals surface area (Å²) in [5.41, 5.74) is 5.38. The highest BCUT2D eigenvalue weighted by Crippen LogP contribution is 2.28. The van der Waals surface area contributed by atoms with Crippen molar-refractivity contribution in [2.24, 2.45) is 0 Å². The number of anilines is 1. The lowest BCUT2D eigenvalue weighted by molar-refractivity contribution is -0.384. The first-order valence-electron chi connectivity index (χ1n) is 6.48. The van der Waals surface area contributed by atoms with Crippen molar-refractivity contribution in [3.05, 3.63) is 28.3 Å². The van der Waals surface area contributed by atoms with E-state index >= 15 is 0 Å². The fraction of sp³-hybridized carbons (Fsp3) is 0.500. The van der Waals surface area contributed by atoms with Crippen molar-refractivity contribution in [2.75, 3.05) is 32.4 Å². The zero-order valence-electron chi connectivity index (χ0n) is 11.9. The Morgan fingerprint density at radius 2 is 2.05 bits per heavy atom. The minimum atomic E-state index is -3.75. The maximum absolute atomic E-state index is 12.7. The van der Waals surface area contributed by atoms with Crippen LogP contribution in [0.25, 0.3) is 0 Å². The number of hydrogen-bond donors (Lipinski definition) is 1. The second-order valence-corrected chi connectivity index (χ2v) is 7.07. The molecule has 2 rings (SSSR count). The van der Waals surface area contributed by atoms with Crippen LogP contribution in [0.1, 0.15) is 6.92 Å². The van der Waals surface area contributed by atoms with Gasteiger partial charge in [0.05, 0.1) is 10.6 Å². The summed E-state index contributed by atoms with van der Waals surface area (Å²) in [6.45, 7) is 3.47. The molecule has 1 atom stereocenters. The summed E-state index contributed by atoms with van der Waals surface area (Å²) in [6, 6.07) is 3.26. The molecule has 1 fully saturated rings. The maximum Gasteiger partial charge on any atom is 0.271 e. The first-order valence-corrected chi connectivity index (χ1v) is 7.92. The number of sulfonamides is 1. The number of nitrogens with two attached hydrogens (primary N) is 1. The number of hydrogen-bond acceptors (Lipinski definition) is 6. The van der Waals surface area contributed by atoms with E-state index in [-0.39, 0.29) is 22.3 Å². The molecule has 1 saturated heterocycles. The third-order valence-corrected chi connectivity index (χ3v) is 5.65. The smallest absolute Gasteiger partial charge is 0.271 e. The lowest BCUT2D eigenvalue weighted by Gasteiger charge is -2.37. The molecule has 0 amide bonds. The van der Waals surface area contributed by atoms with E-state index in [1.165, 1.54) is 10.4 Å². The van der Waals surface area contributed by atoms with Gasteiger partial charge in [-0.2, -0.15) is 4.31 Å². The Morgan fingerprint density at radius 1 is 1.38 bits per heavy atom. The fourth-order valence-corrected chi connectivity index (χ4v) is 4.20. The van der Waals surface area contributed by atoms with Gasteiger partial charge in [0.1, 0.15) is 4.90 Å². The topological polar surface area (TPSA) is 110 Å². The Hall–Kier alpha value is -1.71. The summed E-state index contributed by atoms with van der Waals surface area (Å²) in [5.74, 6) is 0. The van der Waals surface area contributed by atoms with Gasteiger partial charge in [0.15, 0.2) is 0 Å². The average Bonchev–Trinajstić information content (AvgIpc) is 2.37. The van der Waals surface area contributed by atoms with Crippen LogP contribution in [0.5, 0.6) is 0 Å². The van der Waals surface area contributed by atoms with Crippen LogP contribution in [0.4, 0.5) is 11.4 Å². The zero-order valence-corrected chi connectivity index (χ0v) is 12.7. The van der Waals surface area contributed by atoms with Crippen LogP contribution < -0.4 is 5.73 Å². The first kappa shape index (κ1) is 15.7. The van der Waals surface area contributed by atoms with Crippen LogP contribution in [-0.2, 0) is 10.0 Å². The highest BCUT2D eigenvalue weighted by molar-refractivity contribution is 7.89. The van der Waals surface area contributed by atoms with Crippen LogP contribution in [-0.4, -0.2) is 55.3 Å². The molecule has 0 spiro atoms. The summed E-state index contributed by atoms with van der Waals surface area (Å²) in [6.07, 6.45) is 0. The Labute approximate surface area is 123 Å². The normalized spacial score (nSPS) is 21.3. The van der Waals surface area contributed by atoms with Crippen molar-refractivity contribution < 1.29 is 13.3 Å². The summed E-state index contributed by atoms with van der Waals surface area (Å²) in [5, 5.41) is 10.7. The third-order valence-electron chi connectivity index (χ3n) is 3.56. The second kappa shape index (κ2) is 5.58. The lowest BCUT2D eigenvalue weighted by Crippen LogP contribution is -2.52. The van der Waals surface area contributed by atoms with Crippen LogP contribution >= 0.6 is 0 Å². The van der Waals surface area contributed by atoms with Gasteiger partial charge in [-0.1, -0.05) is 0 Å². The summed E-state index contributed by atoms with van der Waals surface area (Å²) >= 11 is 0. The molecule has 1 heterocycles. The van der Waals surface area contributed by atoms with E-state index in [0.717, 1.165) is 12.1 Å². The van der Waals surface area contributed by atoms with E-state index in [1.807, 2.05) is 14.0 Å². The van der Waals surface area contributed by atoms with Gasteiger partial charge in [0.2, 0.25) is 10.0 Å². The number of rotatable bonds is 3. The SMILES string of the molecule is CC1CN(C)CCN1S(=O)(=O)c1ccc([N+](=O)[O-])cc1N. The van der Waals surface area contributed by atoms with Gasteiger partial charge in [-0.15, -0.1) is 0 Å². The Kier molecular flexibility index (Phi) is 4.17. The van der Waals surface area contributed by atoms with Crippen molar-refractivity contribution in [1.29, 1.82) is 0 Å². The van der Waals surface area contributed by atoms with E-state index in [1.54, 1.807) is 0 Å². The average molecular weight is 314 g/mol. The summed E-state index contributed by atoms with van der Waals surface area (Å²) in [4.78, 5) is 12.1. The van der Waals surface area contributed by atoms with Crippen LogP contribution in [0.2, 0.25) is 0 Å². The number of benzene rings is 1. The van der Waals surface area contributed by atoms with E-state index in [4.69, 9.17) is 5.73 Å². The van der Waals surface area contributed by atoms with Crippen molar-refractivity contribution in [3.63, 3.8) is 0 Å². The number of piperazine rings is 1. The molecule has 2 N–H and O–H groups in total. The van der Waals surface area contributed by atoms with E-state index in [0.29, 0.717) is 19.6 Å². The predicted octanol–water partition coefficient (Wildman–Crippen LogP) is 0.502. The second-order valence-electron chi connectivity index (χ2n) is 5.21. The van der Waals surface area contributed by atoms with E-state index < -0.39 is 14.9 Å². The monoisotopic (exact) mass is 314 g/mol. The zero-order chi connectivity index (χ0) is 15.8.